The molecule has 1 aromatic heterocycles. The summed E-state index contributed by atoms with van der Waals surface area (Å²) in [5, 5.41) is 15.7. The van der Waals surface area contributed by atoms with Crippen LogP contribution in [0.15, 0.2) is 5.03 Å². The average Bonchev–Trinajstić information content (AvgIpc) is 2.81. The number of rotatable bonds is 4. The molecule has 3 saturated heterocycles. The Hall–Kier alpha value is -0.960. The topological polar surface area (TPSA) is 98.3 Å². The number of fused-ring (bicyclic) bond motifs is 3. The van der Waals surface area contributed by atoms with Gasteiger partial charge in [0, 0.05) is 23.8 Å². The zero-order valence-corrected chi connectivity index (χ0v) is 12.3. The SMILES string of the molecule is Cc1[nH]nc(S(=O)(=O)NC2CN3CCC2CC3)c1CO. The molecule has 3 N–H and O–H groups in total. The van der Waals surface area contributed by atoms with E-state index >= 15 is 0 Å². The number of aromatic nitrogens is 2. The summed E-state index contributed by atoms with van der Waals surface area (Å²) < 4.78 is 27.7. The van der Waals surface area contributed by atoms with E-state index in [1.54, 1.807) is 6.92 Å². The first kappa shape index (κ1) is 14.0. The van der Waals surface area contributed by atoms with Crippen molar-refractivity contribution in [1.82, 2.24) is 19.8 Å². The highest BCUT2D eigenvalue weighted by atomic mass is 32.2. The Balaban J connectivity index is 1.82. The monoisotopic (exact) mass is 300 g/mol. The molecule has 0 radical (unpaired) electrons. The van der Waals surface area contributed by atoms with Gasteiger partial charge in [0.1, 0.15) is 0 Å². The van der Waals surface area contributed by atoms with Crippen LogP contribution >= 0.6 is 0 Å². The second-order valence-electron chi connectivity index (χ2n) is 5.66. The number of H-pyrrole nitrogens is 1. The summed E-state index contributed by atoms with van der Waals surface area (Å²) in [6.07, 6.45) is 2.08. The Kier molecular flexibility index (Phi) is 3.57. The summed E-state index contributed by atoms with van der Waals surface area (Å²) in [6, 6.07) is -0.0500. The number of aliphatic hydroxyl groups is 1. The lowest BCUT2D eigenvalue weighted by Gasteiger charge is -2.44. The summed E-state index contributed by atoms with van der Waals surface area (Å²) >= 11 is 0. The smallest absolute Gasteiger partial charge is 0.260 e. The molecule has 4 heterocycles. The summed E-state index contributed by atoms with van der Waals surface area (Å²) in [5.74, 6) is 0.410. The zero-order valence-electron chi connectivity index (χ0n) is 11.5. The van der Waals surface area contributed by atoms with Gasteiger partial charge in [-0.1, -0.05) is 0 Å². The van der Waals surface area contributed by atoms with E-state index in [1.165, 1.54) is 0 Å². The van der Waals surface area contributed by atoms with E-state index in [0.717, 1.165) is 32.5 Å². The Bertz CT molecular complexity index is 590. The third-order valence-corrected chi connectivity index (χ3v) is 5.87. The van der Waals surface area contributed by atoms with Gasteiger partial charge in [-0.2, -0.15) is 5.10 Å². The lowest BCUT2D eigenvalue weighted by atomic mass is 9.85. The maximum absolute atomic E-state index is 12.4. The molecule has 1 aromatic rings. The molecule has 4 rings (SSSR count). The highest BCUT2D eigenvalue weighted by molar-refractivity contribution is 7.89. The number of piperidine rings is 3. The Morgan fingerprint density at radius 1 is 1.45 bits per heavy atom. The fourth-order valence-corrected chi connectivity index (χ4v) is 4.68. The lowest BCUT2D eigenvalue weighted by molar-refractivity contribution is 0.0826. The van der Waals surface area contributed by atoms with E-state index in [2.05, 4.69) is 19.8 Å². The van der Waals surface area contributed by atoms with Crippen molar-refractivity contribution in [3.63, 3.8) is 0 Å². The Morgan fingerprint density at radius 3 is 2.70 bits per heavy atom. The van der Waals surface area contributed by atoms with Gasteiger partial charge in [-0.25, -0.2) is 13.1 Å². The maximum atomic E-state index is 12.4. The van der Waals surface area contributed by atoms with Gasteiger partial charge in [-0.15, -0.1) is 0 Å². The second kappa shape index (κ2) is 5.10. The van der Waals surface area contributed by atoms with Crippen LogP contribution in [0.5, 0.6) is 0 Å². The molecule has 0 spiro atoms. The van der Waals surface area contributed by atoms with Gasteiger partial charge < -0.3 is 10.0 Å². The van der Waals surface area contributed by atoms with Crippen LogP contribution in [0.25, 0.3) is 0 Å². The molecule has 1 atom stereocenters. The number of hydrogen-bond acceptors (Lipinski definition) is 5. The molecule has 3 aliphatic rings. The molecule has 2 bridgehead atoms. The summed E-state index contributed by atoms with van der Waals surface area (Å²) in [5.41, 5.74) is 0.931. The molecule has 20 heavy (non-hydrogen) atoms. The molecule has 0 aromatic carbocycles. The van der Waals surface area contributed by atoms with E-state index in [-0.39, 0.29) is 17.7 Å². The lowest BCUT2D eigenvalue weighted by Crippen LogP contribution is -2.57. The highest BCUT2D eigenvalue weighted by Crippen LogP contribution is 2.28. The molecule has 3 aliphatic heterocycles. The maximum Gasteiger partial charge on any atom is 0.260 e. The standard InChI is InChI=1S/C12H20N4O3S/c1-8-10(7-17)12(14-13-8)20(18,19)15-11-6-16-4-2-9(11)3-5-16/h9,11,15,17H,2-7H2,1H3,(H,13,14). The third kappa shape index (κ3) is 2.37. The highest BCUT2D eigenvalue weighted by Gasteiger charge is 2.37. The molecule has 8 heteroatoms. The van der Waals surface area contributed by atoms with Crippen LogP contribution < -0.4 is 4.72 Å². The van der Waals surface area contributed by atoms with Crippen LogP contribution in [0, 0.1) is 12.8 Å². The summed E-state index contributed by atoms with van der Waals surface area (Å²) in [6.45, 7) is 4.25. The molecular weight excluding hydrogens is 280 g/mol. The van der Waals surface area contributed by atoms with Crippen molar-refractivity contribution in [1.29, 1.82) is 0 Å². The van der Waals surface area contributed by atoms with Crippen LogP contribution in [0.1, 0.15) is 24.1 Å². The summed E-state index contributed by atoms with van der Waals surface area (Å²) in [7, 11) is -3.68. The van der Waals surface area contributed by atoms with E-state index in [1.807, 2.05) is 0 Å². The van der Waals surface area contributed by atoms with E-state index < -0.39 is 10.0 Å². The van der Waals surface area contributed by atoms with Gasteiger partial charge in [0.25, 0.3) is 10.0 Å². The van der Waals surface area contributed by atoms with Gasteiger partial charge in [0.2, 0.25) is 0 Å². The number of sulfonamides is 1. The van der Waals surface area contributed by atoms with Crippen molar-refractivity contribution in [2.24, 2.45) is 5.92 Å². The first-order chi connectivity index (χ1) is 9.51. The van der Waals surface area contributed by atoms with Crippen LogP contribution in [-0.2, 0) is 16.6 Å². The summed E-state index contributed by atoms with van der Waals surface area (Å²) in [4.78, 5) is 2.29. The third-order valence-electron chi connectivity index (χ3n) is 4.41. The van der Waals surface area contributed by atoms with Crippen molar-refractivity contribution in [2.45, 2.75) is 37.4 Å². The van der Waals surface area contributed by atoms with Crippen molar-refractivity contribution in [3.8, 4) is 0 Å². The predicted molar refractivity (Wildman–Crippen MR) is 72.5 cm³/mol. The molecule has 112 valence electrons. The van der Waals surface area contributed by atoms with Gasteiger partial charge >= 0.3 is 0 Å². The number of aromatic amines is 1. The van der Waals surface area contributed by atoms with Gasteiger partial charge in [0.05, 0.1) is 6.61 Å². The van der Waals surface area contributed by atoms with Gasteiger partial charge in [0.15, 0.2) is 5.03 Å². The fourth-order valence-electron chi connectivity index (χ4n) is 3.19. The van der Waals surface area contributed by atoms with E-state index in [9.17, 15) is 13.5 Å². The van der Waals surface area contributed by atoms with Crippen LogP contribution in [0.2, 0.25) is 0 Å². The zero-order chi connectivity index (χ0) is 14.3. The van der Waals surface area contributed by atoms with E-state index in [4.69, 9.17) is 0 Å². The van der Waals surface area contributed by atoms with Crippen LogP contribution in [0.3, 0.4) is 0 Å². The Labute approximate surface area is 118 Å². The first-order valence-corrected chi connectivity index (χ1v) is 8.39. The van der Waals surface area contributed by atoms with Crippen molar-refractivity contribution in [2.75, 3.05) is 19.6 Å². The molecule has 1 unspecified atom stereocenters. The van der Waals surface area contributed by atoms with E-state index in [0.29, 0.717) is 17.2 Å². The van der Waals surface area contributed by atoms with Gasteiger partial charge in [-0.05, 0) is 38.8 Å². The van der Waals surface area contributed by atoms with Crippen LogP contribution in [-0.4, -0.2) is 54.3 Å². The predicted octanol–water partition coefficient (Wildman–Crippen LogP) is -0.417. The van der Waals surface area contributed by atoms with Gasteiger partial charge in [-0.3, -0.25) is 5.10 Å². The quantitative estimate of drug-likeness (QED) is 0.702. The molecule has 7 nitrogen and oxygen atoms in total. The van der Waals surface area contributed by atoms with Crippen molar-refractivity contribution in [3.05, 3.63) is 11.3 Å². The minimum Gasteiger partial charge on any atom is -0.392 e. The fraction of sp³-hybridized carbons (Fsp3) is 0.750. The van der Waals surface area contributed by atoms with Crippen molar-refractivity contribution < 1.29 is 13.5 Å². The molecule has 0 amide bonds. The molecule has 0 aliphatic carbocycles. The average molecular weight is 300 g/mol. The number of aliphatic hydroxyl groups excluding tert-OH is 1. The number of aryl methyl sites for hydroxylation is 1. The molecule has 0 saturated carbocycles. The largest absolute Gasteiger partial charge is 0.392 e. The number of nitrogens with zero attached hydrogens (tertiary/aromatic N) is 2. The number of nitrogens with one attached hydrogen (secondary N) is 2. The Morgan fingerprint density at radius 2 is 2.15 bits per heavy atom. The molecule has 3 fully saturated rings. The minimum absolute atomic E-state index is 0.0500. The van der Waals surface area contributed by atoms with Crippen molar-refractivity contribution >= 4 is 10.0 Å². The molecular formula is C12H20N4O3S. The first-order valence-electron chi connectivity index (χ1n) is 6.90. The second-order valence-corrected chi connectivity index (χ2v) is 7.29. The minimum atomic E-state index is -3.68. The van der Waals surface area contributed by atoms with Crippen LogP contribution in [0.4, 0.5) is 0 Å². The number of hydrogen-bond donors (Lipinski definition) is 3. The normalized spacial score (nSPS) is 29.8.